The van der Waals surface area contributed by atoms with E-state index in [9.17, 15) is 38.4 Å². The first kappa shape index (κ1) is 70.2. The molecule has 3 saturated heterocycles. The number of carbonyl (C=O) groups is 8. The minimum atomic E-state index is -2.78. The molecule has 0 atom stereocenters. The highest BCUT2D eigenvalue weighted by Gasteiger charge is 2.35. The largest absolute Gasteiger partial charge is 0.494 e. The number of amides is 6. The number of methoxy groups -OCH3 is 3. The highest BCUT2D eigenvalue weighted by Crippen LogP contribution is 2.46. The van der Waals surface area contributed by atoms with Gasteiger partial charge in [0.1, 0.15) is 19.0 Å². The first-order chi connectivity index (χ1) is 51.8. The Morgan fingerprint density at radius 3 is 1.14 bits per heavy atom. The minimum absolute atomic E-state index is 0. The minimum Gasteiger partial charge on any atom is -0.494 e. The molecule has 6 N–H and O–H groups in total. The van der Waals surface area contributed by atoms with Crippen LogP contribution in [0.5, 0.6) is 17.2 Å². The van der Waals surface area contributed by atoms with Gasteiger partial charge in [0.25, 0.3) is 5.91 Å². The lowest BCUT2D eigenvalue weighted by molar-refractivity contribution is -0.122. The van der Waals surface area contributed by atoms with Crippen LogP contribution >= 0.6 is 11.6 Å². The Kier molecular flexibility index (Phi) is 21.4. The van der Waals surface area contributed by atoms with Crippen molar-refractivity contribution in [2.24, 2.45) is 33.0 Å². The molecule has 0 spiro atoms. The Morgan fingerprint density at radius 2 is 0.840 bits per heavy atom. The quantitative estimate of drug-likeness (QED) is 0.0262. The number of nitrogens with zero attached hydrogens (tertiary/aromatic N) is 18. The number of aromatic nitrogens is 15. The van der Waals surface area contributed by atoms with Crippen molar-refractivity contribution in [1.29, 1.82) is 0 Å². The number of carbonyl (C=O) groups excluding carboxylic acids is 8. The van der Waals surface area contributed by atoms with E-state index in [2.05, 4.69) is 87.4 Å². The van der Waals surface area contributed by atoms with E-state index >= 15 is 0 Å². The number of halogens is 1. The zero-order valence-corrected chi connectivity index (χ0v) is 58.6. The third kappa shape index (κ3) is 16.5. The second-order valence-electron chi connectivity index (χ2n) is 24.0. The van der Waals surface area contributed by atoms with Gasteiger partial charge in [0, 0.05) is 118 Å². The van der Waals surface area contributed by atoms with E-state index in [0.29, 0.717) is 124 Å². The maximum Gasteiger partial charge on any atom is 0.361 e. The number of esters is 2. The summed E-state index contributed by atoms with van der Waals surface area (Å²) in [6.07, 6.45) is 9.17. The van der Waals surface area contributed by atoms with Crippen LogP contribution in [0.4, 0.5) is 62.8 Å². The number of anilines is 11. The van der Waals surface area contributed by atoms with Gasteiger partial charge in [0.2, 0.25) is 29.5 Å². The van der Waals surface area contributed by atoms with Crippen molar-refractivity contribution in [3.63, 3.8) is 0 Å². The van der Waals surface area contributed by atoms with Crippen LogP contribution < -0.4 is 60.8 Å². The molecule has 3 aliphatic heterocycles. The Labute approximate surface area is 614 Å². The van der Waals surface area contributed by atoms with Gasteiger partial charge in [-0.1, -0.05) is 19.0 Å². The summed E-state index contributed by atoms with van der Waals surface area (Å²) in [5, 5.41) is 53.3. The van der Waals surface area contributed by atoms with Crippen LogP contribution in [0.25, 0.3) is 34.2 Å². The van der Waals surface area contributed by atoms with Crippen LogP contribution in [0.15, 0.2) is 73.6 Å². The SMILES string of the molecule is C.CCOC(=O)c1nnc(Cl)cc1Nc1cc(N2CCC2=O)cc(-c2ncn(C)n2)c1OC.CCOC(=O)c1nnc(NC(=O)C2CC2)cc1Nc1cc(N2CCC2=O)cc(-c2ncn(C)n2)c1OC.[2H]C([2H])([2H])NC(=O)c1nnc(NC(=O)C2CC2)cc1Nc1cc(N2CCC2=O)cc(-c2ncn(C)n2)c1OC. The van der Waals surface area contributed by atoms with Gasteiger partial charge in [0.15, 0.2) is 68.6 Å². The van der Waals surface area contributed by atoms with Crippen molar-refractivity contribution in [3.05, 3.63) is 95.8 Å². The van der Waals surface area contributed by atoms with Crippen LogP contribution in [-0.4, -0.2) is 183 Å². The van der Waals surface area contributed by atoms with E-state index < -0.39 is 24.8 Å². The van der Waals surface area contributed by atoms with Crippen molar-refractivity contribution >= 4 is 122 Å². The summed E-state index contributed by atoms with van der Waals surface area (Å²) in [6, 6.07) is 14.8. The normalized spacial score (nSPS) is 14.6. The molecular weight excluding hydrogens is 1400 g/mol. The molecule has 37 nitrogen and oxygen atoms in total. The van der Waals surface area contributed by atoms with E-state index in [0.717, 1.165) is 25.7 Å². The summed E-state index contributed by atoms with van der Waals surface area (Å²) in [4.78, 5) is 117. The molecule has 2 saturated carbocycles. The molecule has 14 rings (SSSR count). The van der Waals surface area contributed by atoms with Gasteiger partial charge >= 0.3 is 11.9 Å². The number of hydrogen-bond acceptors (Lipinski definition) is 28. The molecule has 3 aromatic carbocycles. The molecule has 2 aliphatic carbocycles. The van der Waals surface area contributed by atoms with Gasteiger partial charge in [-0.05, 0) is 75.9 Å². The average molecular weight is 1470 g/mol. The summed E-state index contributed by atoms with van der Waals surface area (Å²) >= 11 is 6.03. The van der Waals surface area contributed by atoms with E-state index in [1.165, 1.54) is 50.5 Å². The van der Waals surface area contributed by atoms with Crippen LogP contribution in [0.2, 0.25) is 5.15 Å². The predicted octanol–water partition coefficient (Wildman–Crippen LogP) is 6.98. The third-order valence-corrected chi connectivity index (χ3v) is 16.9. The second kappa shape index (κ2) is 32.2. The topological polar surface area (TPSA) is 434 Å². The summed E-state index contributed by atoms with van der Waals surface area (Å²) in [5.74, 6) is -0.465. The van der Waals surface area contributed by atoms with Crippen LogP contribution in [0.3, 0.4) is 0 Å². The fourth-order valence-electron chi connectivity index (χ4n) is 11.0. The number of nitrogens with one attached hydrogen (secondary N) is 6. The lowest BCUT2D eigenvalue weighted by Crippen LogP contribution is -2.43. The lowest BCUT2D eigenvalue weighted by Gasteiger charge is -2.31. The Morgan fingerprint density at radius 1 is 0.491 bits per heavy atom. The van der Waals surface area contributed by atoms with Gasteiger partial charge in [-0.3, -0.25) is 42.8 Å². The highest BCUT2D eigenvalue weighted by molar-refractivity contribution is 6.29. The van der Waals surface area contributed by atoms with Gasteiger partial charge in [0.05, 0.1) is 85.4 Å². The molecule has 6 aromatic heterocycles. The number of rotatable bonds is 24. The summed E-state index contributed by atoms with van der Waals surface area (Å²) in [7, 11) is 9.65. The third-order valence-electron chi connectivity index (χ3n) is 16.7. The van der Waals surface area contributed by atoms with E-state index in [1.807, 2.05) is 5.32 Å². The van der Waals surface area contributed by atoms with Crippen LogP contribution in [0, 0.1) is 11.8 Å². The number of benzene rings is 3. The molecular formula is C68H75ClN24O13. The molecule has 38 heteroatoms. The number of ether oxygens (including phenoxy) is 5. The standard InChI is InChI=1S/C24H26N8O5.C23H25N9O4.C20H20ClN7O4.CH4/c1-4-37-24(35)20-16(11-18(28-29-20)27-23(34)13-5-6-13)26-17-10-14(32-8-7-19(32)33)9-15(21(17)36-3)22-25-12-31(2)30-22;1-24-23(35)19-15(10-17(28-29-19)27-22(34)12-4-5-12)26-16-9-13(32-7-6-18(32)33)8-14(20(16)36-3)21-25-11-31(2)30-21;1-4-32-20(30)17-13(9-15(21)24-25-17)23-14-8-11(28-6-5-16(28)29)7-12(18(14)31-3)19-22-10-27(2)26-19;/h9-13H,4-8H2,1-3H3,(H2,26,27,28,34);8-12H,4-7H2,1-3H3,(H,24,35)(H2,26,27,28,34);7-10H,4-6H2,1-3H3,(H,23,24);1H4/i;1D3;;. The van der Waals surface area contributed by atoms with Crippen molar-refractivity contribution < 1.29 is 66.2 Å². The van der Waals surface area contributed by atoms with E-state index in [4.69, 9.17) is 39.4 Å². The Hall–Kier alpha value is -12.8. The molecule has 9 heterocycles. The zero-order chi connectivity index (χ0) is 76.8. The maximum atomic E-state index is 12.8. The fraction of sp³-hybridized carbons (Fsp3) is 0.353. The van der Waals surface area contributed by atoms with Gasteiger partial charge in [-0.2, -0.15) is 15.3 Å². The molecule has 5 aliphatic rings. The second-order valence-corrected chi connectivity index (χ2v) is 24.4. The lowest BCUT2D eigenvalue weighted by atomic mass is 10.1. The number of hydrogen-bond donors (Lipinski definition) is 6. The van der Waals surface area contributed by atoms with Crippen molar-refractivity contribution in [2.75, 3.05) is 102 Å². The fourth-order valence-corrected chi connectivity index (χ4v) is 11.1. The van der Waals surface area contributed by atoms with E-state index in [-0.39, 0.29) is 113 Å². The monoisotopic (exact) mass is 1470 g/mol. The van der Waals surface area contributed by atoms with Crippen LogP contribution in [0.1, 0.15) is 102 Å². The molecule has 552 valence electrons. The maximum absolute atomic E-state index is 12.8. The van der Waals surface area contributed by atoms with Crippen molar-refractivity contribution in [2.45, 2.75) is 66.2 Å². The molecule has 6 amide bonds. The average Bonchev–Trinajstić information content (AvgIpc) is 1.60. The summed E-state index contributed by atoms with van der Waals surface area (Å²) in [5.41, 5.74) is 4.68. The summed E-state index contributed by atoms with van der Waals surface area (Å²) < 4.78 is 54.2. The number of aryl methyl sites for hydroxylation is 3. The number of β-lactam (4-membered cyclic amide) rings is 3. The highest BCUT2D eigenvalue weighted by atomic mass is 35.5. The van der Waals surface area contributed by atoms with Crippen molar-refractivity contribution in [3.8, 4) is 51.4 Å². The molecule has 0 bridgehead atoms. The van der Waals surface area contributed by atoms with Gasteiger partial charge < -0.3 is 70.3 Å². The smallest absolute Gasteiger partial charge is 0.361 e. The Bertz CT molecular complexity index is 5030. The van der Waals surface area contributed by atoms with Gasteiger partial charge in [-0.25, -0.2) is 24.5 Å². The molecule has 0 unspecified atom stereocenters. The Balaban J connectivity index is 0.000000162. The van der Waals surface area contributed by atoms with Gasteiger partial charge in [-0.15, -0.1) is 30.6 Å². The molecule has 0 radical (unpaired) electrons. The van der Waals surface area contributed by atoms with E-state index in [1.54, 1.807) is 108 Å². The molecule has 106 heavy (non-hydrogen) atoms. The predicted molar refractivity (Wildman–Crippen MR) is 386 cm³/mol. The summed E-state index contributed by atoms with van der Waals surface area (Å²) in [6.45, 7) is 2.60. The van der Waals surface area contributed by atoms with Crippen molar-refractivity contribution in [1.82, 2.24) is 80.2 Å². The molecule has 5 fully saturated rings. The molecule has 9 aromatic rings. The zero-order valence-electron chi connectivity index (χ0n) is 60.8. The first-order valence-electron chi connectivity index (χ1n) is 34.3. The first-order valence-corrected chi connectivity index (χ1v) is 33.2. The van der Waals surface area contributed by atoms with Crippen LogP contribution in [-0.2, 0) is 54.6 Å².